The van der Waals surface area contributed by atoms with E-state index in [1.165, 1.54) is 0 Å². The van der Waals surface area contributed by atoms with Crippen molar-refractivity contribution in [1.82, 2.24) is 10.6 Å². The maximum atomic E-state index is 12.1. The van der Waals surface area contributed by atoms with Gasteiger partial charge in [0.1, 0.15) is 6.61 Å². The summed E-state index contributed by atoms with van der Waals surface area (Å²) in [5.41, 5.74) is -0.298. The standard InChI is InChI=1S/C12H22F2N2O2/c1-2-12(3-5-15-6-4-12)11(17)16-7-8-18-9-10(13)14/h10,15H,2-9H2,1H3,(H,16,17). The highest BCUT2D eigenvalue weighted by molar-refractivity contribution is 5.82. The lowest BCUT2D eigenvalue weighted by atomic mass is 9.76. The van der Waals surface area contributed by atoms with Crippen LogP contribution in [0.3, 0.4) is 0 Å². The van der Waals surface area contributed by atoms with Crippen LogP contribution in [0.25, 0.3) is 0 Å². The van der Waals surface area contributed by atoms with Crippen molar-refractivity contribution in [3.8, 4) is 0 Å². The minimum absolute atomic E-state index is 0.0205. The number of halogens is 2. The highest BCUT2D eigenvalue weighted by atomic mass is 19.3. The van der Waals surface area contributed by atoms with Gasteiger partial charge < -0.3 is 15.4 Å². The first-order valence-electron chi connectivity index (χ1n) is 6.45. The second-order valence-electron chi connectivity index (χ2n) is 4.61. The van der Waals surface area contributed by atoms with E-state index in [2.05, 4.69) is 10.6 Å². The van der Waals surface area contributed by atoms with Gasteiger partial charge in [0, 0.05) is 6.54 Å². The van der Waals surface area contributed by atoms with Crippen molar-refractivity contribution in [2.24, 2.45) is 5.41 Å². The summed E-state index contributed by atoms with van der Waals surface area (Å²) in [6, 6.07) is 0. The van der Waals surface area contributed by atoms with Gasteiger partial charge in [-0.2, -0.15) is 0 Å². The average molecular weight is 264 g/mol. The van der Waals surface area contributed by atoms with Crippen LogP contribution in [0.15, 0.2) is 0 Å². The molecule has 0 aliphatic carbocycles. The molecule has 1 aliphatic rings. The van der Waals surface area contributed by atoms with Crippen molar-refractivity contribution in [2.45, 2.75) is 32.6 Å². The molecule has 6 heteroatoms. The van der Waals surface area contributed by atoms with Crippen molar-refractivity contribution < 1.29 is 18.3 Å². The number of carbonyl (C=O) groups excluding carboxylic acids is 1. The van der Waals surface area contributed by atoms with E-state index in [9.17, 15) is 13.6 Å². The van der Waals surface area contributed by atoms with Crippen LogP contribution in [-0.4, -0.2) is 45.2 Å². The van der Waals surface area contributed by atoms with Gasteiger partial charge in [-0.15, -0.1) is 0 Å². The van der Waals surface area contributed by atoms with E-state index < -0.39 is 13.0 Å². The lowest BCUT2D eigenvalue weighted by Gasteiger charge is -2.35. The fraction of sp³-hybridized carbons (Fsp3) is 0.917. The van der Waals surface area contributed by atoms with Crippen LogP contribution < -0.4 is 10.6 Å². The molecular weight excluding hydrogens is 242 g/mol. The van der Waals surface area contributed by atoms with Gasteiger partial charge in [-0.3, -0.25) is 4.79 Å². The fourth-order valence-corrected chi connectivity index (χ4v) is 2.24. The van der Waals surface area contributed by atoms with Crippen LogP contribution in [0.4, 0.5) is 8.78 Å². The molecule has 1 heterocycles. The summed E-state index contributed by atoms with van der Waals surface area (Å²) >= 11 is 0. The minimum atomic E-state index is -2.45. The Kier molecular flexibility index (Phi) is 6.49. The Bertz CT molecular complexity index is 256. The Labute approximate surface area is 106 Å². The van der Waals surface area contributed by atoms with Crippen LogP contribution in [0.1, 0.15) is 26.2 Å². The molecule has 1 saturated heterocycles. The number of amides is 1. The van der Waals surface area contributed by atoms with E-state index in [0.717, 1.165) is 32.4 Å². The minimum Gasteiger partial charge on any atom is -0.374 e. The first-order valence-corrected chi connectivity index (χ1v) is 6.45. The van der Waals surface area contributed by atoms with Crippen LogP contribution >= 0.6 is 0 Å². The van der Waals surface area contributed by atoms with Crippen molar-refractivity contribution >= 4 is 5.91 Å². The van der Waals surface area contributed by atoms with E-state index in [-0.39, 0.29) is 17.9 Å². The molecule has 2 N–H and O–H groups in total. The normalized spacial score (nSPS) is 18.9. The maximum Gasteiger partial charge on any atom is 0.261 e. The maximum absolute atomic E-state index is 12.1. The Morgan fingerprint density at radius 3 is 2.67 bits per heavy atom. The van der Waals surface area contributed by atoms with Crippen molar-refractivity contribution in [3.05, 3.63) is 0 Å². The van der Waals surface area contributed by atoms with Crippen LogP contribution in [0.2, 0.25) is 0 Å². The van der Waals surface area contributed by atoms with Crippen LogP contribution in [0, 0.1) is 5.41 Å². The molecule has 106 valence electrons. The second kappa shape index (κ2) is 7.63. The lowest BCUT2D eigenvalue weighted by molar-refractivity contribution is -0.133. The molecular formula is C12H22F2N2O2. The second-order valence-corrected chi connectivity index (χ2v) is 4.61. The Hall–Kier alpha value is -0.750. The van der Waals surface area contributed by atoms with Crippen molar-refractivity contribution in [2.75, 3.05) is 32.8 Å². The van der Waals surface area contributed by atoms with E-state index in [4.69, 9.17) is 4.74 Å². The summed E-state index contributed by atoms with van der Waals surface area (Å²) in [5.74, 6) is 0.0205. The van der Waals surface area contributed by atoms with Gasteiger partial charge >= 0.3 is 0 Å². The van der Waals surface area contributed by atoms with Gasteiger partial charge in [0.2, 0.25) is 5.91 Å². The highest BCUT2D eigenvalue weighted by Gasteiger charge is 2.37. The third kappa shape index (κ3) is 4.49. The molecule has 0 unspecified atom stereocenters. The third-order valence-electron chi connectivity index (χ3n) is 3.49. The molecule has 18 heavy (non-hydrogen) atoms. The van der Waals surface area contributed by atoms with Gasteiger partial charge in [0.15, 0.2) is 0 Å². The SMILES string of the molecule is CCC1(C(=O)NCCOCC(F)F)CCNCC1. The van der Waals surface area contributed by atoms with Gasteiger partial charge in [-0.05, 0) is 32.4 Å². The Morgan fingerprint density at radius 2 is 2.11 bits per heavy atom. The molecule has 1 fully saturated rings. The van der Waals surface area contributed by atoms with E-state index in [1.807, 2.05) is 6.92 Å². The molecule has 0 aromatic rings. The number of ether oxygens (including phenoxy) is 1. The molecule has 0 bridgehead atoms. The summed E-state index contributed by atoms with van der Waals surface area (Å²) in [6.07, 6.45) is 0.00544. The number of piperidine rings is 1. The summed E-state index contributed by atoms with van der Waals surface area (Å²) in [5, 5.41) is 6.01. The van der Waals surface area contributed by atoms with Crippen molar-refractivity contribution in [1.29, 1.82) is 0 Å². The predicted octanol–water partition coefficient (Wildman–Crippen LogP) is 1.16. The molecule has 0 spiro atoms. The third-order valence-corrected chi connectivity index (χ3v) is 3.49. The molecule has 0 radical (unpaired) electrons. The first kappa shape index (κ1) is 15.3. The van der Waals surface area contributed by atoms with E-state index in [1.54, 1.807) is 0 Å². The Balaban J connectivity index is 2.25. The number of nitrogens with one attached hydrogen (secondary N) is 2. The van der Waals surface area contributed by atoms with Crippen LogP contribution in [0.5, 0.6) is 0 Å². The monoisotopic (exact) mass is 264 g/mol. The van der Waals surface area contributed by atoms with Crippen LogP contribution in [-0.2, 0) is 9.53 Å². The summed E-state index contributed by atoms with van der Waals surface area (Å²) in [4.78, 5) is 12.1. The fourth-order valence-electron chi connectivity index (χ4n) is 2.24. The number of rotatable bonds is 7. The molecule has 4 nitrogen and oxygen atoms in total. The summed E-state index contributed by atoms with van der Waals surface area (Å²) < 4.78 is 28.3. The summed E-state index contributed by atoms with van der Waals surface area (Å²) in [6.45, 7) is 3.57. The topological polar surface area (TPSA) is 50.4 Å². The molecule has 1 rings (SSSR count). The Morgan fingerprint density at radius 1 is 1.44 bits per heavy atom. The number of carbonyl (C=O) groups is 1. The average Bonchev–Trinajstić information content (AvgIpc) is 2.38. The lowest BCUT2D eigenvalue weighted by Crippen LogP contribution is -2.48. The molecule has 1 aliphatic heterocycles. The molecule has 0 aromatic carbocycles. The number of hydrogen-bond donors (Lipinski definition) is 2. The molecule has 0 saturated carbocycles. The molecule has 0 aromatic heterocycles. The number of hydrogen-bond acceptors (Lipinski definition) is 3. The van der Waals surface area contributed by atoms with E-state index in [0.29, 0.717) is 6.54 Å². The van der Waals surface area contributed by atoms with Crippen molar-refractivity contribution in [3.63, 3.8) is 0 Å². The smallest absolute Gasteiger partial charge is 0.261 e. The van der Waals surface area contributed by atoms with Gasteiger partial charge in [0.05, 0.1) is 12.0 Å². The first-order chi connectivity index (χ1) is 8.60. The zero-order chi connectivity index (χ0) is 13.4. The van der Waals surface area contributed by atoms with Gasteiger partial charge in [-0.1, -0.05) is 6.92 Å². The van der Waals surface area contributed by atoms with E-state index >= 15 is 0 Å². The molecule has 0 atom stereocenters. The quantitative estimate of drug-likeness (QED) is 0.679. The number of alkyl halides is 2. The summed E-state index contributed by atoms with van der Waals surface area (Å²) in [7, 11) is 0. The highest BCUT2D eigenvalue weighted by Crippen LogP contribution is 2.32. The molecule has 1 amide bonds. The van der Waals surface area contributed by atoms with Gasteiger partial charge in [0.25, 0.3) is 6.43 Å². The predicted molar refractivity (Wildman–Crippen MR) is 64.7 cm³/mol. The van der Waals surface area contributed by atoms with Gasteiger partial charge in [-0.25, -0.2) is 8.78 Å². The zero-order valence-electron chi connectivity index (χ0n) is 10.8. The zero-order valence-corrected chi connectivity index (χ0v) is 10.8. The largest absolute Gasteiger partial charge is 0.374 e.